The molecule has 1 aromatic carbocycles. The van der Waals surface area contributed by atoms with Crippen LogP contribution < -0.4 is 5.32 Å². The van der Waals surface area contributed by atoms with Crippen molar-refractivity contribution >= 4 is 0 Å². The van der Waals surface area contributed by atoms with Crippen LogP contribution in [0, 0.1) is 0 Å². The molecule has 0 saturated carbocycles. The second-order valence-electron chi connectivity index (χ2n) is 4.37. The Labute approximate surface area is 115 Å². The van der Waals surface area contributed by atoms with Crippen molar-refractivity contribution in [3.63, 3.8) is 0 Å². The number of pyridine rings is 1. The van der Waals surface area contributed by atoms with E-state index in [9.17, 15) is 13.2 Å². The lowest BCUT2D eigenvalue weighted by Crippen LogP contribution is -2.23. The molecule has 2 rings (SSSR count). The summed E-state index contributed by atoms with van der Waals surface area (Å²) >= 11 is 0. The first-order chi connectivity index (χ1) is 9.52. The third kappa shape index (κ3) is 3.36. The molecule has 2 nitrogen and oxygen atoms in total. The van der Waals surface area contributed by atoms with Gasteiger partial charge in [-0.1, -0.05) is 25.1 Å². The minimum Gasteiger partial charge on any atom is -0.305 e. The van der Waals surface area contributed by atoms with Crippen molar-refractivity contribution in [3.8, 4) is 0 Å². The summed E-state index contributed by atoms with van der Waals surface area (Å²) in [5, 5.41) is 3.16. The van der Waals surface area contributed by atoms with Crippen LogP contribution in [0.3, 0.4) is 0 Å². The number of aromatic nitrogens is 1. The van der Waals surface area contributed by atoms with Crippen molar-refractivity contribution in [3.05, 3.63) is 65.5 Å². The van der Waals surface area contributed by atoms with Gasteiger partial charge in [0.05, 0.1) is 17.3 Å². The van der Waals surface area contributed by atoms with E-state index < -0.39 is 11.7 Å². The molecule has 1 heterocycles. The summed E-state index contributed by atoms with van der Waals surface area (Å²) in [5.74, 6) is 0. The highest BCUT2D eigenvalue weighted by molar-refractivity contribution is 5.32. The van der Waals surface area contributed by atoms with E-state index in [-0.39, 0.29) is 6.04 Å². The van der Waals surface area contributed by atoms with E-state index in [1.165, 1.54) is 12.1 Å². The van der Waals surface area contributed by atoms with E-state index >= 15 is 0 Å². The Kier molecular flexibility index (Phi) is 4.39. The highest BCUT2D eigenvalue weighted by Gasteiger charge is 2.31. The first-order valence-electron chi connectivity index (χ1n) is 6.34. The molecule has 2 aromatic rings. The van der Waals surface area contributed by atoms with Gasteiger partial charge in [-0.3, -0.25) is 4.98 Å². The van der Waals surface area contributed by atoms with Gasteiger partial charge in [-0.25, -0.2) is 0 Å². The highest BCUT2D eigenvalue weighted by atomic mass is 19.4. The molecule has 0 aliphatic heterocycles. The smallest absolute Gasteiger partial charge is 0.305 e. The quantitative estimate of drug-likeness (QED) is 0.921. The Morgan fingerprint density at radius 2 is 1.95 bits per heavy atom. The summed E-state index contributed by atoms with van der Waals surface area (Å²) in [6.45, 7) is 2.54. The largest absolute Gasteiger partial charge is 0.416 e. The summed E-state index contributed by atoms with van der Waals surface area (Å²) < 4.78 is 38.4. The summed E-state index contributed by atoms with van der Waals surface area (Å²) in [7, 11) is 0. The standard InChI is InChI=1S/C15H15F3N2/c1-2-19-14(13-8-3-4-9-20-13)11-6-5-7-12(10-11)15(16,17)18/h3-10,14,19H,2H2,1H3. The fourth-order valence-corrected chi connectivity index (χ4v) is 2.04. The zero-order valence-corrected chi connectivity index (χ0v) is 11.0. The molecule has 0 fully saturated rings. The molecule has 0 aliphatic rings. The fourth-order valence-electron chi connectivity index (χ4n) is 2.04. The molecule has 0 spiro atoms. The number of halogens is 3. The third-order valence-corrected chi connectivity index (χ3v) is 2.94. The van der Waals surface area contributed by atoms with Crippen LogP contribution >= 0.6 is 0 Å². The summed E-state index contributed by atoms with van der Waals surface area (Å²) in [6.07, 6.45) is -2.70. The van der Waals surface area contributed by atoms with E-state index in [1.807, 2.05) is 13.0 Å². The van der Waals surface area contributed by atoms with Gasteiger partial charge in [0.2, 0.25) is 0 Å². The van der Waals surface area contributed by atoms with Gasteiger partial charge in [0.15, 0.2) is 0 Å². The van der Waals surface area contributed by atoms with Gasteiger partial charge in [-0.2, -0.15) is 13.2 Å². The topological polar surface area (TPSA) is 24.9 Å². The van der Waals surface area contributed by atoms with Gasteiger partial charge in [0.1, 0.15) is 0 Å². The van der Waals surface area contributed by atoms with Crippen LogP contribution in [0.2, 0.25) is 0 Å². The van der Waals surface area contributed by atoms with Crippen LogP contribution in [0.4, 0.5) is 13.2 Å². The number of benzene rings is 1. The number of nitrogens with zero attached hydrogens (tertiary/aromatic N) is 1. The van der Waals surface area contributed by atoms with Crippen LogP contribution in [-0.2, 0) is 6.18 Å². The van der Waals surface area contributed by atoms with Crippen LogP contribution in [0.15, 0.2) is 48.7 Å². The SMILES string of the molecule is CCNC(c1cccc(C(F)(F)F)c1)c1ccccn1. The molecule has 0 saturated heterocycles. The van der Waals surface area contributed by atoms with Gasteiger partial charge in [0, 0.05) is 6.20 Å². The van der Waals surface area contributed by atoms with E-state index in [2.05, 4.69) is 10.3 Å². The normalized spacial score (nSPS) is 13.2. The van der Waals surface area contributed by atoms with Crippen molar-refractivity contribution in [1.29, 1.82) is 0 Å². The van der Waals surface area contributed by atoms with Gasteiger partial charge in [0.25, 0.3) is 0 Å². The van der Waals surface area contributed by atoms with E-state index in [4.69, 9.17) is 0 Å². The maximum atomic E-state index is 12.8. The van der Waals surface area contributed by atoms with E-state index in [0.29, 0.717) is 17.8 Å². The van der Waals surface area contributed by atoms with E-state index in [0.717, 1.165) is 6.07 Å². The van der Waals surface area contributed by atoms with Crippen LogP contribution in [-0.4, -0.2) is 11.5 Å². The number of alkyl halides is 3. The maximum absolute atomic E-state index is 12.8. The first-order valence-corrected chi connectivity index (χ1v) is 6.34. The molecule has 0 amide bonds. The second kappa shape index (κ2) is 6.05. The molecular weight excluding hydrogens is 265 g/mol. The molecule has 0 aliphatic carbocycles. The van der Waals surface area contributed by atoms with Crippen molar-refractivity contribution in [1.82, 2.24) is 10.3 Å². The lowest BCUT2D eigenvalue weighted by Gasteiger charge is -2.19. The molecule has 20 heavy (non-hydrogen) atoms. The number of nitrogens with one attached hydrogen (secondary N) is 1. The fraction of sp³-hybridized carbons (Fsp3) is 0.267. The molecule has 106 valence electrons. The number of hydrogen-bond acceptors (Lipinski definition) is 2. The summed E-state index contributed by atoms with van der Waals surface area (Å²) in [5.41, 5.74) is 0.614. The summed E-state index contributed by atoms with van der Waals surface area (Å²) in [4.78, 5) is 4.22. The molecule has 1 aromatic heterocycles. The van der Waals surface area contributed by atoms with Crippen molar-refractivity contribution in [2.45, 2.75) is 19.1 Å². The number of rotatable bonds is 4. The molecule has 0 radical (unpaired) electrons. The zero-order valence-electron chi connectivity index (χ0n) is 11.0. The van der Waals surface area contributed by atoms with Crippen molar-refractivity contribution in [2.24, 2.45) is 0 Å². The maximum Gasteiger partial charge on any atom is 0.416 e. The van der Waals surface area contributed by atoms with Crippen molar-refractivity contribution < 1.29 is 13.2 Å². The second-order valence-corrected chi connectivity index (χ2v) is 4.37. The Morgan fingerprint density at radius 1 is 1.15 bits per heavy atom. The molecule has 1 atom stereocenters. The Morgan fingerprint density at radius 3 is 2.55 bits per heavy atom. The molecular formula is C15H15F3N2. The van der Waals surface area contributed by atoms with E-state index in [1.54, 1.807) is 24.4 Å². The monoisotopic (exact) mass is 280 g/mol. The zero-order chi connectivity index (χ0) is 14.6. The molecule has 1 N–H and O–H groups in total. The first kappa shape index (κ1) is 14.5. The molecule has 0 bridgehead atoms. The predicted octanol–water partition coefficient (Wildman–Crippen LogP) is 3.80. The van der Waals surface area contributed by atoms with Crippen LogP contribution in [0.25, 0.3) is 0 Å². The molecule has 5 heteroatoms. The lowest BCUT2D eigenvalue weighted by atomic mass is 10.0. The third-order valence-electron chi connectivity index (χ3n) is 2.94. The van der Waals surface area contributed by atoms with Crippen LogP contribution in [0.5, 0.6) is 0 Å². The Balaban J connectivity index is 2.40. The summed E-state index contributed by atoms with van der Waals surface area (Å²) in [6, 6.07) is 10.4. The van der Waals surface area contributed by atoms with Gasteiger partial charge < -0.3 is 5.32 Å². The lowest BCUT2D eigenvalue weighted by molar-refractivity contribution is -0.137. The minimum absolute atomic E-state index is 0.344. The van der Waals surface area contributed by atoms with Crippen LogP contribution in [0.1, 0.15) is 29.8 Å². The predicted molar refractivity (Wildman–Crippen MR) is 71.2 cm³/mol. The number of hydrogen-bond donors (Lipinski definition) is 1. The Bertz CT molecular complexity index is 553. The van der Waals surface area contributed by atoms with Gasteiger partial charge in [-0.15, -0.1) is 0 Å². The average molecular weight is 280 g/mol. The van der Waals surface area contributed by atoms with Gasteiger partial charge in [-0.05, 0) is 36.4 Å². The Hall–Kier alpha value is -1.88. The van der Waals surface area contributed by atoms with Crippen molar-refractivity contribution in [2.75, 3.05) is 6.54 Å². The molecule has 1 unspecified atom stereocenters. The van der Waals surface area contributed by atoms with Gasteiger partial charge >= 0.3 is 6.18 Å². The highest BCUT2D eigenvalue weighted by Crippen LogP contribution is 2.31. The minimum atomic E-state index is -4.34. The average Bonchev–Trinajstić information content (AvgIpc) is 2.45.